The molecule has 0 unspecified atom stereocenters. The monoisotopic (exact) mass is 345 g/mol. The maximum Gasteiger partial charge on any atom is 0.325 e. The highest BCUT2D eigenvalue weighted by molar-refractivity contribution is 5.96. The van der Waals surface area contributed by atoms with Gasteiger partial charge in [0.05, 0.1) is 0 Å². The van der Waals surface area contributed by atoms with Crippen LogP contribution in [0, 0.1) is 0 Å². The molecule has 2 saturated heterocycles. The molecule has 1 aromatic carbocycles. The van der Waals surface area contributed by atoms with Crippen LogP contribution in [0.3, 0.4) is 0 Å². The van der Waals surface area contributed by atoms with Gasteiger partial charge in [0.1, 0.15) is 6.54 Å². The van der Waals surface area contributed by atoms with E-state index in [0.717, 1.165) is 31.6 Å². The van der Waals surface area contributed by atoms with Gasteiger partial charge < -0.3 is 19.3 Å². The van der Waals surface area contributed by atoms with Crippen molar-refractivity contribution >= 4 is 17.6 Å². The average molecular weight is 345 g/mol. The van der Waals surface area contributed by atoms with E-state index in [1.807, 2.05) is 23.1 Å². The second-order valence-electron chi connectivity index (χ2n) is 6.69. The van der Waals surface area contributed by atoms with Gasteiger partial charge in [-0.1, -0.05) is 12.8 Å². The largest absolute Gasteiger partial charge is 0.454 e. The van der Waals surface area contributed by atoms with E-state index >= 15 is 0 Å². The van der Waals surface area contributed by atoms with Crippen LogP contribution in [0.25, 0.3) is 0 Å². The van der Waals surface area contributed by atoms with Crippen LogP contribution in [0.5, 0.6) is 11.5 Å². The molecule has 3 amide bonds. The summed E-state index contributed by atoms with van der Waals surface area (Å²) in [7, 11) is 0. The number of amides is 3. The third-order valence-corrected chi connectivity index (χ3v) is 5.05. The van der Waals surface area contributed by atoms with Gasteiger partial charge in [0.15, 0.2) is 11.5 Å². The minimum atomic E-state index is -0.123. The van der Waals surface area contributed by atoms with Crippen molar-refractivity contribution in [1.29, 1.82) is 0 Å². The number of urea groups is 1. The number of fused-ring (bicyclic) bond motifs is 1. The van der Waals surface area contributed by atoms with Crippen LogP contribution in [-0.4, -0.2) is 61.3 Å². The summed E-state index contributed by atoms with van der Waals surface area (Å²) >= 11 is 0. The van der Waals surface area contributed by atoms with Crippen molar-refractivity contribution in [3.05, 3.63) is 18.2 Å². The molecule has 7 nitrogen and oxygen atoms in total. The van der Waals surface area contributed by atoms with Crippen molar-refractivity contribution in [2.75, 3.05) is 44.4 Å². The van der Waals surface area contributed by atoms with Gasteiger partial charge >= 0.3 is 6.03 Å². The molecule has 0 spiro atoms. The predicted molar refractivity (Wildman–Crippen MR) is 91.9 cm³/mol. The number of hydrogen-bond donors (Lipinski definition) is 0. The average Bonchev–Trinajstić information content (AvgIpc) is 3.11. The van der Waals surface area contributed by atoms with Crippen LogP contribution in [-0.2, 0) is 4.79 Å². The quantitative estimate of drug-likeness (QED) is 0.841. The number of benzene rings is 1. The third kappa shape index (κ3) is 3.23. The first-order valence-corrected chi connectivity index (χ1v) is 8.96. The van der Waals surface area contributed by atoms with Gasteiger partial charge in [0.25, 0.3) is 0 Å². The Morgan fingerprint density at radius 1 is 0.960 bits per heavy atom. The number of nitrogens with zero attached hydrogens (tertiary/aromatic N) is 3. The lowest BCUT2D eigenvalue weighted by Crippen LogP contribution is -2.42. The minimum Gasteiger partial charge on any atom is -0.454 e. The van der Waals surface area contributed by atoms with Gasteiger partial charge in [0.2, 0.25) is 12.7 Å². The molecular formula is C18H23N3O4. The molecule has 0 aromatic heterocycles. The Labute approximate surface area is 147 Å². The second-order valence-corrected chi connectivity index (χ2v) is 6.69. The summed E-state index contributed by atoms with van der Waals surface area (Å²) in [6, 6.07) is 5.36. The lowest BCUT2D eigenvalue weighted by Gasteiger charge is -2.24. The summed E-state index contributed by atoms with van der Waals surface area (Å²) in [6.07, 6.45) is 4.49. The van der Waals surface area contributed by atoms with Crippen molar-refractivity contribution in [2.45, 2.75) is 25.7 Å². The van der Waals surface area contributed by atoms with Crippen LogP contribution in [0.4, 0.5) is 10.5 Å². The van der Waals surface area contributed by atoms with Crippen molar-refractivity contribution < 1.29 is 19.1 Å². The Bertz CT molecular complexity index is 670. The minimum absolute atomic E-state index is 0.0581. The Morgan fingerprint density at radius 2 is 1.72 bits per heavy atom. The maximum atomic E-state index is 12.7. The SMILES string of the molecule is O=C(CN1CCN(c2ccc3c(c2)OCO3)C1=O)N1CCCCCC1. The van der Waals surface area contributed by atoms with Crippen molar-refractivity contribution in [2.24, 2.45) is 0 Å². The number of hydrogen-bond acceptors (Lipinski definition) is 4. The Morgan fingerprint density at radius 3 is 2.52 bits per heavy atom. The van der Waals surface area contributed by atoms with E-state index < -0.39 is 0 Å². The summed E-state index contributed by atoms with van der Waals surface area (Å²) in [5.74, 6) is 1.41. The van der Waals surface area contributed by atoms with E-state index in [-0.39, 0.29) is 25.3 Å². The fraction of sp³-hybridized carbons (Fsp3) is 0.556. The molecular weight excluding hydrogens is 322 g/mol. The molecule has 0 N–H and O–H groups in total. The predicted octanol–water partition coefficient (Wildman–Crippen LogP) is 2.06. The fourth-order valence-corrected chi connectivity index (χ4v) is 3.61. The molecule has 0 radical (unpaired) electrons. The van der Waals surface area contributed by atoms with E-state index in [0.29, 0.717) is 24.6 Å². The zero-order chi connectivity index (χ0) is 17.2. The summed E-state index contributed by atoms with van der Waals surface area (Å²) in [4.78, 5) is 30.5. The number of anilines is 1. The highest BCUT2D eigenvalue weighted by Crippen LogP contribution is 2.36. The Kier molecular flexibility index (Phi) is 4.38. The first-order valence-electron chi connectivity index (χ1n) is 8.96. The van der Waals surface area contributed by atoms with Crippen LogP contribution < -0.4 is 14.4 Å². The molecule has 3 aliphatic rings. The Balaban J connectivity index is 1.40. The van der Waals surface area contributed by atoms with Gasteiger partial charge in [0, 0.05) is 37.9 Å². The smallest absolute Gasteiger partial charge is 0.325 e. The molecule has 1 aromatic rings. The third-order valence-electron chi connectivity index (χ3n) is 5.05. The second kappa shape index (κ2) is 6.82. The molecule has 7 heteroatoms. The lowest BCUT2D eigenvalue weighted by atomic mass is 10.2. The van der Waals surface area contributed by atoms with E-state index in [1.165, 1.54) is 12.8 Å². The summed E-state index contributed by atoms with van der Waals surface area (Å²) in [5, 5.41) is 0. The molecule has 3 aliphatic heterocycles. The summed E-state index contributed by atoms with van der Waals surface area (Å²) in [6.45, 7) is 3.14. The highest BCUT2D eigenvalue weighted by atomic mass is 16.7. The van der Waals surface area contributed by atoms with E-state index in [9.17, 15) is 9.59 Å². The molecule has 25 heavy (non-hydrogen) atoms. The van der Waals surface area contributed by atoms with Gasteiger partial charge in [-0.15, -0.1) is 0 Å². The zero-order valence-corrected chi connectivity index (χ0v) is 14.3. The zero-order valence-electron chi connectivity index (χ0n) is 14.3. The van der Waals surface area contributed by atoms with E-state index in [1.54, 1.807) is 9.80 Å². The van der Waals surface area contributed by atoms with Gasteiger partial charge in [-0.2, -0.15) is 0 Å². The number of carbonyl (C=O) groups is 2. The molecule has 3 heterocycles. The Hall–Kier alpha value is -2.44. The van der Waals surface area contributed by atoms with Crippen molar-refractivity contribution in [3.63, 3.8) is 0 Å². The number of ether oxygens (including phenoxy) is 2. The standard InChI is InChI=1S/C18H23N3O4/c22-17(19-7-3-1-2-4-8-19)12-20-9-10-21(18(20)23)14-5-6-15-16(11-14)25-13-24-15/h5-6,11H,1-4,7-10,12-13H2. The lowest BCUT2D eigenvalue weighted by molar-refractivity contribution is -0.131. The number of rotatable bonds is 3. The van der Waals surface area contributed by atoms with Crippen LogP contribution in [0.1, 0.15) is 25.7 Å². The number of carbonyl (C=O) groups excluding carboxylic acids is 2. The first kappa shape index (κ1) is 16.1. The highest BCUT2D eigenvalue weighted by Gasteiger charge is 2.32. The fourth-order valence-electron chi connectivity index (χ4n) is 3.61. The normalized spacial score (nSPS) is 20.2. The molecule has 0 saturated carbocycles. The van der Waals surface area contributed by atoms with Crippen molar-refractivity contribution in [1.82, 2.24) is 9.80 Å². The summed E-state index contributed by atoms with van der Waals surface area (Å²) in [5.41, 5.74) is 0.777. The van der Waals surface area contributed by atoms with Crippen molar-refractivity contribution in [3.8, 4) is 11.5 Å². The molecule has 0 bridgehead atoms. The topological polar surface area (TPSA) is 62.3 Å². The molecule has 0 aliphatic carbocycles. The molecule has 0 atom stereocenters. The van der Waals surface area contributed by atoms with E-state index in [4.69, 9.17) is 9.47 Å². The van der Waals surface area contributed by atoms with E-state index in [2.05, 4.69) is 0 Å². The van der Waals surface area contributed by atoms with Gasteiger partial charge in [-0.05, 0) is 25.0 Å². The first-order chi connectivity index (χ1) is 12.2. The van der Waals surface area contributed by atoms with Crippen LogP contribution in [0.15, 0.2) is 18.2 Å². The van der Waals surface area contributed by atoms with Crippen LogP contribution >= 0.6 is 0 Å². The molecule has 134 valence electrons. The summed E-state index contributed by atoms with van der Waals surface area (Å²) < 4.78 is 10.7. The van der Waals surface area contributed by atoms with Crippen LogP contribution in [0.2, 0.25) is 0 Å². The molecule has 2 fully saturated rings. The van der Waals surface area contributed by atoms with Gasteiger partial charge in [-0.3, -0.25) is 9.69 Å². The number of likely N-dealkylation sites (tertiary alicyclic amines) is 1. The maximum absolute atomic E-state index is 12.7. The van der Waals surface area contributed by atoms with Gasteiger partial charge in [-0.25, -0.2) is 4.79 Å². The molecule has 4 rings (SSSR count).